The number of benzene rings is 2. The Morgan fingerprint density at radius 3 is 2.53 bits per heavy atom. The molecule has 2 fully saturated rings. The Morgan fingerprint density at radius 2 is 1.83 bits per heavy atom. The summed E-state index contributed by atoms with van der Waals surface area (Å²) in [6, 6.07) is 16.0. The number of carbonyl (C=O) groups is 2. The molecule has 0 unspecified atom stereocenters. The Balaban J connectivity index is 1.31. The molecule has 2 aromatic carbocycles. The number of amides is 2. The number of likely N-dealkylation sites (tertiary alicyclic amines) is 1. The van der Waals surface area contributed by atoms with E-state index in [1.54, 1.807) is 29.2 Å². The second kappa shape index (κ2) is 9.86. The van der Waals surface area contributed by atoms with Crippen LogP contribution in [0.15, 0.2) is 54.6 Å². The van der Waals surface area contributed by atoms with Gasteiger partial charge < -0.3 is 29.8 Å². The summed E-state index contributed by atoms with van der Waals surface area (Å²) in [7, 11) is 0. The molecule has 2 saturated heterocycles. The van der Waals surface area contributed by atoms with Crippen molar-refractivity contribution in [3.63, 3.8) is 0 Å². The zero-order valence-electron chi connectivity index (χ0n) is 20.2. The van der Waals surface area contributed by atoms with Crippen LogP contribution >= 0.6 is 11.6 Å². The number of nitrogens with one attached hydrogen (secondary N) is 2. The predicted octanol–water partition coefficient (Wildman–Crippen LogP) is 3.28. The number of aliphatic hydroxyl groups excluding tert-OH is 1. The third kappa shape index (κ3) is 5.27. The zero-order chi connectivity index (χ0) is 25.4. The number of aromatic amines is 1. The molecular formula is C27H30ClN3O5. The van der Waals surface area contributed by atoms with E-state index in [9.17, 15) is 14.7 Å². The number of fused-ring (bicyclic) bond motifs is 2. The average molecular weight is 512 g/mol. The molecule has 9 heteroatoms. The minimum absolute atomic E-state index is 0.230. The third-order valence-electron chi connectivity index (χ3n) is 6.76. The Morgan fingerprint density at radius 1 is 1.14 bits per heavy atom. The lowest BCUT2D eigenvalue weighted by Crippen LogP contribution is -2.52. The van der Waals surface area contributed by atoms with Gasteiger partial charge in [0, 0.05) is 29.0 Å². The van der Waals surface area contributed by atoms with Gasteiger partial charge in [0.2, 0.25) is 0 Å². The minimum atomic E-state index is -1.41. The highest BCUT2D eigenvalue weighted by Gasteiger charge is 2.49. The SMILES string of the molecule is CC1(C)O[C@H]2CN(C(=O)[C@H](O)[C@H](CCc3ccccc3)NC(=O)c3cc4cc(Cl)ccc4[nH]3)C[C@H]2O1. The van der Waals surface area contributed by atoms with Gasteiger partial charge in [-0.3, -0.25) is 9.59 Å². The van der Waals surface area contributed by atoms with Crippen molar-refractivity contribution in [3.8, 4) is 0 Å². The lowest BCUT2D eigenvalue weighted by Gasteiger charge is -2.28. The lowest BCUT2D eigenvalue weighted by atomic mass is 10.00. The largest absolute Gasteiger partial charge is 0.381 e. The molecule has 3 heterocycles. The second-order valence-electron chi connectivity index (χ2n) is 9.92. The fourth-order valence-electron chi connectivity index (χ4n) is 5.01. The Hall–Kier alpha value is -2.91. The number of carbonyl (C=O) groups excluding carboxylic acids is 2. The number of aromatic nitrogens is 1. The van der Waals surface area contributed by atoms with E-state index in [0.29, 0.717) is 36.6 Å². The molecule has 5 rings (SSSR count). The molecule has 0 aliphatic carbocycles. The Bertz CT molecular complexity index is 1240. The highest BCUT2D eigenvalue weighted by Crippen LogP contribution is 2.33. The number of hydrogen-bond acceptors (Lipinski definition) is 5. The third-order valence-corrected chi connectivity index (χ3v) is 7.00. The van der Waals surface area contributed by atoms with Crippen LogP contribution in [-0.2, 0) is 20.7 Å². The lowest BCUT2D eigenvalue weighted by molar-refractivity contribution is -0.163. The summed E-state index contributed by atoms with van der Waals surface area (Å²) >= 11 is 6.07. The van der Waals surface area contributed by atoms with E-state index in [-0.39, 0.29) is 12.2 Å². The first-order valence-electron chi connectivity index (χ1n) is 12.1. The van der Waals surface area contributed by atoms with Crippen LogP contribution in [0.3, 0.4) is 0 Å². The van der Waals surface area contributed by atoms with Gasteiger partial charge in [0.25, 0.3) is 11.8 Å². The molecule has 1 aromatic heterocycles. The monoisotopic (exact) mass is 511 g/mol. The van der Waals surface area contributed by atoms with Crippen molar-refractivity contribution in [2.75, 3.05) is 13.1 Å². The fraction of sp³-hybridized carbons (Fsp3) is 0.407. The molecule has 0 bridgehead atoms. The van der Waals surface area contributed by atoms with E-state index >= 15 is 0 Å². The topological polar surface area (TPSA) is 104 Å². The van der Waals surface area contributed by atoms with E-state index in [2.05, 4.69) is 10.3 Å². The summed E-state index contributed by atoms with van der Waals surface area (Å²) in [5, 5.41) is 15.4. The summed E-state index contributed by atoms with van der Waals surface area (Å²) < 4.78 is 11.8. The Kier molecular flexibility index (Phi) is 6.78. The molecule has 0 saturated carbocycles. The number of aliphatic hydroxyl groups is 1. The highest BCUT2D eigenvalue weighted by molar-refractivity contribution is 6.31. The van der Waals surface area contributed by atoms with Crippen molar-refractivity contribution >= 4 is 34.3 Å². The van der Waals surface area contributed by atoms with Crippen molar-refractivity contribution in [2.45, 2.75) is 56.8 Å². The van der Waals surface area contributed by atoms with Gasteiger partial charge in [-0.2, -0.15) is 0 Å². The van der Waals surface area contributed by atoms with Gasteiger partial charge in [0.05, 0.1) is 6.04 Å². The maximum Gasteiger partial charge on any atom is 0.268 e. The summed E-state index contributed by atoms with van der Waals surface area (Å²) in [5.41, 5.74) is 2.15. The fourth-order valence-corrected chi connectivity index (χ4v) is 5.19. The van der Waals surface area contributed by atoms with Crippen molar-refractivity contribution in [2.24, 2.45) is 0 Å². The maximum absolute atomic E-state index is 13.3. The molecule has 3 aromatic rings. The molecule has 36 heavy (non-hydrogen) atoms. The van der Waals surface area contributed by atoms with Gasteiger partial charge in [-0.25, -0.2) is 0 Å². The molecule has 190 valence electrons. The first kappa shape index (κ1) is 24.8. The van der Waals surface area contributed by atoms with E-state index in [1.165, 1.54) is 0 Å². The van der Waals surface area contributed by atoms with E-state index in [0.717, 1.165) is 16.5 Å². The van der Waals surface area contributed by atoms with Crippen molar-refractivity contribution < 1.29 is 24.2 Å². The summed E-state index contributed by atoms with van der Waals surface area (Å²) in [4.78, 5) is 31.1. The first-order valence-corrected chi connectivity index (χ1v) is 12.5. The molecule has 3 N–H and O–H groups in total. The van der Waals surface area contributed by atoms with Crippen LogP contribution in [0.1, 0.15) is 36.3 Å². The number of H-pyrrole nitrogens is 1. The van der Waals surface area contributed by atoms with Crippen LogP contribution in [0.5, 0.6) is 0 Å². The van der Waals surface area contributed by atoms with Crippen LogP contribution in [0.25, 0.3) is 10.9 Å². The standard InChI is InChI=1S/C27H30ClN3O5/c1-27(2)35-22-14-31(15-23(22)36-27)26(34)24(32)20(10-8-16-6-4-3-5-7-16)30-25(33)21-13-17-12-18(28)9-11-19(17)29-21/h3-7,9,11-13,20,22-24,29,32H,8,10,14-15H2,1-2H3,(H,30,33)/t20-,22-,23+,24+/m0/s1. The predicted molar refractivity (Wildman–Crippen MR) is 136 cm³/mol. The zero-order valence-corrected chi connectivity index (χ0v) is 21.0. The molecule has 0 spiro atoms. The van der Waals surface area contributed by atoms with E-state index < -0.39 is 29.7 Å². The molecule has 0 radical (unpaired) electrons. The van der Waals surface area contributed by atoms with Gasteiger partial charge >= 0.3 is 0 Å². The van der Waals surface area contributed by atoms with Gasteiger partial charge in [0.15, 0.2) is 11.9 Å². The average Bonchev–Trinajstić information content (AvgIpc) is 3.51. The second-order valence-corrected chi connectivity index (χ2v) is 10.4. The first-order chi connectivity index (χ1) is 17.2. The molecule has 8 nitrogen and oxygen atoms in total. The van der Waals surface area contributed by atoms with E-state index in [4.69, 9.17) is 21.1 Å². The van der Waals surface area contributed by atoms with Crippen LogP contribution < -0.4 is 5.32 Å². The molecular weight excluding hydrogens is 482 g/mol. The number of halogens is 1. The summed E-state index contributed by atoms with van der Waals surface area (Å²) in [5.74, 6) is -1.53. The van der Waals surface area contributed by atoms with Gasteiger partial charge in [0.1, 0.15) is 17.9 Å². The highest BCUT2D eigenvalue weighted by atomic mass is 35.5. The summed E-state index contributed by atoms with van der Waals surface area (Å²) in [6.45, 7) is 4.37. The van der Waals surface area contributed by atoms with Crippen LogP contribution in [0, 0.1) is 0 Å². The van der Waals surface area contributed by atoms with Crippen LogP contribution in [0.4, 0.5) is 0 Å². The number of rotatable bonds is 7. The molecule has 4 atom stereocenters. The van der Waals surface area contributed by atoms with Crippen LogP contribution in [-0.4, -0.2) is 70.0 Å². The molecule has 2 amide bonds. The van der Waals surface area contributed by atoms with Crippen molar-refractivity contribution in [3.05, 3.63) is 70.9 Å². The maximum atomic E-state index is 13.3. The summed E-state index contributed by atoms with van der Waals surface area (Å²) in [6.07, 6.45) is -0.902. The smallest absolute Gasteiger partial charge is 0.268 e. The Labute approximate surface area is 214 Å². The van der Waals surface area contributed by atoms with Crippen LogP contribution in [0.2, 0.25) is 5.02 Å². The van der Waals surface area contributed by atoms with Crippen molar-refractivity contribution in [1.82, 2.24) is 15.2 Å². The molecule has 2 aliphatic rings. The number of nitrogens with zero attached hydrogens (tertiary/aromatic N) is 1. The van der Waals surface area contributed by atoms with Gasteiger partial charge in [-0.05, 0) is 56.5 Å². The van der Waals surface area contributed by atoms with Crippen molar-refractivity contribution in [1.29, 1.82) is 0 Å². The van der Waals surface area contributed by atoms with Gasteiger partial charge in [-0.15, -0.1) is 0 Å². The minimum Gasteiger partial charge on any atom is -0.381 e. The normalized spacial score (nSPS) is 22.4. The quantitative estimate of drug-likeness (QED) is 0.451. The number of hydrogen-bond donors (Lipinski definition) is 3. The van der Waals surface area contributed by atoms with Gasteiger partial charge in [-0.1, -0.05) is 41.9 Å². The number of aryl methyl sites for hydroxylation is 1. The number of ether oxygens (including phenoxy) is 2. The van der Waals surface area contributed by atoms with E-state index in [1.807, 2.05) is 44.2 Å². The molecule has 2 aliphatic heterocycles.